The summed E-state index contributed by atoms with van der Waals surface area (Å²) in [6.45, 7) is 2.13. The van der Waals surface area contributed by atoms with Crippen LogP contribution in [0.1, 0.15) is 12.5 Å². The summed E-state index contributed by atoms with van der Waals surface area (Å²) in [5.41, 5.74) is 2.66. The van der Waals surface area contributed by atoms with Crippen molar-refractivity contribution in [1.82, 2.24) is 0 Å². The van der Waals surface area contributed by atoms with E-state index >= 15 is 0 Å². The maximum absolute atomic E-state index is 12.2. The lowest BCUT2D eigenvalue weighted by molar-refractivity contribution is -0.118. The summed E-state index contributed by atoms with van der Waals surface area (Å²) in [5, 5.41) is 2.84. The van der Waals surface area contributed by atoms with Gasteiger partial charge in [0.25, 0.3) is 5.91 Å². The molecule has 0 atom stereocenters. The van der Waals surface area contributed by atoms with E-state index in [1.807, 2.05) is 42.5 Å². The number of nitrogens with one attached hydrogen (secondary N) is 1. The maximum Gasteiger partial charge on any atom is 0.262 e. The fourth-order valence-electron chi connectivity index (χ4n) is 3.38. The predicted molar refractivity (Wildman–Crippen MR) is 115 cm³/mol. The molecular formula is C24H22N2O4. The van der Waals surface area contributed by atoms with Crippen LogP contribution < -0.4 is 19.7 Å². The standard InChI is InChI=1S/C24H22N2O4/c1-17(27)26-14-13-18-15-19(7-12-23(18)26)25-24(28)16-29-20-8-10-22(11-9-20)30-21-5-3-2-4-6-21/h2-12,15H,13-14,16H2,1H3,(H,25,28). The second-order valence-corrected chi connectivity index (χ2v) is 6.99. The summed E-state index contributed by atoms with van der Waals surface area (Å²) < 4.78 is 11.3. The van der Waals surface area contributed by atoms with E-state index in [2.05, 4.69) is 5.32 Å². The number of anilines is 2. The van der Waals surface area contributed by atoms with Gasteiger partial charge in [-0.1, -0.05) is 18.2 Å². The molecule has 1 N–H and O–H groups in total. The van der Waals surface area contributed by atoms with Crippen LogP contribution in [0.4, 0.5) is 11.4 Å². The first-order chi connectivity index (χ1) is 14.6. The minimum absolute atomic E-state index is 0.0270. The van der Waals surface area contributed by atoms with Gasteiger partial charge in [-0.3, -0.25) is 9.59 Å². The van der Waals surface area contributed by atoms with E-state index < -0.39 is 0 Å². The number of fused-ring (bicyclic) bond motifs is 1. The Morgan fingerprint density at radius 2 is 1.63 bits per heavy atom. The van der Waals surface area contributed by atoms with Gasteiger partial charge in [0.05, 0.1) is 0 Å². The van der Waals surface area contributed by atoms with Gasteiger partial charge in [-0.25, -0.2) is 0 Å². The molecule has 0 fully saturated rings. The zero-order valence-corrected chi connectivity index (χ0v) is 16.6. The summed E-state index contributed by atoms with van der Waals surface area (Å²) in [4.78, 5) is 25.6. The number of nitrogens with zero attached hydrogens (tertiary/aromatic N) is 1. The van der Waals surface area contributed by atoms with Gasteiger partial charge in [0.15, 0.2) is 6.61 Å². The molecule has 152 valence electrons. The van der Waals surface area contributed by atoms with Crippen molar-refractivity contribution in [2.75, 3.05) is 23.4 Å². The molecule has 30 heavy (non-hydrogen) atoms. The second-order valence-electron chi connectivity index (χ2n) is 6.99. The monoisotopic (exact) mass is 402 g/mol. The molecule has 3 aromatic carbocycles. The fourth-order valence-corrected chi connectivity index (χ4v) is 3.38. The third-order valence-corrected chi connectivity index (χ3v) is 4.81. The van der Waals surface area contributed by atoms with E-state index in [-0.39, 0.29) is 18.4 Å². The molecule has 1 heterocycles. The van der Waals surface area contributed by atoms with Crippen molar-refractivity contribution in [3.8, 4) is 17.2 Å². The van der Waals surface area contributed by atoms with Crippen LogP contribution in [-0.2, 0) is 16.0 Å². The minimum atomic E-state index is -0.249. The molecule has 1 aliphatic rings. The Hall–Kier alpha value is -3.80. The van der Waals surface area contributed by atoms with Crippen LogP contribution in [0.3, 0.4) is 0 Å². The third-order valence-electron chi connectivity index (χ3n) is 4.81. The molecule has 0 aromatic heterocycles. The number of rotatable bonds is 6. The predicted octanol–water partition coefficient (Wildman–Crippen LogP) is 4.41. The summed E-state index contributed by atoms with van der Waals surface area (Å²) in [6.07, 6.45) is 0.784. The molecule has 3 aromatic rings. The average Bonchev–Trinajstić information content (AvgIpc) is 3.18. The van der Waals surface area contributed by atoms with E-state index in [4.69, 9.17) is 9.47 Å². The molecule has 0 saturated carbocycles. The van der Waals surface area contributed by atoms with Crippen molar-refractivity contribution < 1.29 is 19.1 Å². The van der Waals surface area contributed by atoms with Crippen molar-refractivity contribution in [1.29, 1.82) is 0 Å². The molecule has 0 saturated heterocycles. The quantitative estimate of drug-likeness (QED) is 0.663. The van der Waals surface area contributed by atoms with Crippen molar-refractivity contribution >= 4 is 23.2 Å². The number of carbonyl (C=O) groups excluding carboxylic acids is 2. The van der Waals surface area contributed by atoms with Crippen LogP contribution in [0.5, 0.6) is 17.2 Å². The highest BCUT2D eigenvalue weighted by Crippen LogP contribution is 2.30. The Bertz CT molecular complexity index is 1050. The molecule has 6 nitrogen and oxygen atoms in total. The van der Waals surface area contributed by atoms with E-state index in [1.54, 1.807) is 42.2 Å². The normalized spacial score (nSPS) is 12.2. The first-order valence-electron chi connectivity index (χ1n) is 9.75. The number of carbonyl (C=O) groups is 2. The highest BCUT2D eigenvalue weighted by Gasteiger charge is 2.22. The van der Waals surface area contributed by atoms with Gasteiger partial charge in [0.2, 0.25) is 5.91 Å². The SMILES string of the molecule is CC(=O)N1CCc2cc(NC(=O)COc3ccc(Oc4ccccc4)cc3)ccc21. The van der Waals surface area contributed by atoms with Crippen molar-refractivity contribution in [2.24, 2.45) is 0 Å². The van der Waals surface area contributed by atoms with E-state index in [1.165, 1.54) is 0 Å². The van der Waals surface area contributed by atoms with Gasteiger partial charge in [0.1, 0.15) is 17.2 Å². The smallest absolute Gasteiger partial charge is 0.262 e. The van der Waals surface area contributed by atoms with E-state index in [0.29, 0.717) is 23.7 Å². The van der Waals surface area contributed by atoms with Gasteiger partial charge in [0, 0.05) is 24.8 Å². The van der Waals surface area contributed by atoms with Gasteiger partial charge in [-0.05, 0) is 66.6 Å². The van der Waals surface area contributed by atoms with Gasteiger partial charge < -0.3 is 19.7 Å². The Labute approximate surface area is 175 Å². The molecule has 0 bridgehead atoms. The Balaban J connectivity index is 1.29. The first-order valence-corrected chi connectivity index (χ1v) is 9.75. The molecule has 0 spiro atoms. The highest BCUT2D eigenvalue weighted by molar-refractivity contribution is 5.95. The molecule has 0 radical (unpaired) electrons. The summed E-state index contributed by atoms with van der Waals surface area (Å²) in [5.74, 6) is 1.80. The lowest BCUT2D eigenvalue weighted by Crippen LogP contribution is -2.25. The van der Waals surface area contributed by atoms with Crippen LogP contribution in [0.15, 0.2) is 72.8 Å². The molecule has 2 amide bonds. The average molecular weight is 402 g/mol. The van der Waals surface area contributed by atoms with Crippen LogP contribution in [0, 0.1) is 0 Å². The summed E-state index contributed by atoms with van der Waals surface area (Å²) in [7, 11) is 0. The Morgan fingerprint density at radius 3 is 2.37 bits per heavy atom. The summed E-state index contributed by atoms with van der Waals surface area (Å²) >= 11 is 0. The highest BCUT2D eigenvalue weighted by atomic mass is 16.5. The van der Waals surface area contributed by atoms with Gasteiger partial charge >= 0.3 is 0 Å². The Morgan fingerprint density at radius 1 is 0.933 bits per heavy atom. The number of ether oxygens (including phenoxy) is 2. The van der Waals surface area contributed by atoms with Crippen LogP contribution in [0.25, 0.3) is 0 Å². The van der Waals surface area contributed by atoms with Crippen molar-refractivity contribution in [3.05, 3.63) is 78.4 Å². The second kappa shape index (κ2) is 8.69. The molecule has 0 unspecified atom stereocenters. The lowest BCUT2D eigenvalue weighted by atomic mass is 10.1. The molecule has 4 rings (SSSR count). The van der Waals surface area contributed by atoms with Gasteiger partial charge in [-0.15, -0.1) is 0 Å². The third kappa shape index (κ3) is 4.60. The van der Waals surface area contributed by atoms with Crippen LogP contribution >= 0.6 is 0 Å². The topological polar surface area (TPSA) is 67.9 Å². The Kier molecular flexibility index (Phi) is 5.66. The maximum atomic E-state index is 12.2. The zero-order valence-electron chi connectivity index (χ0n) is 16.6. The fraction of sp³-hybridized carbons (Fsp3) is 0.167. The van der Waals surface area contributed by atoms with E-state index in [9.17, 15) is 9.59 Å². The number of hydrogen-bond donors (Lipinski definition) is 1. The molecule has 6 heteroatoms. The van der Waals surface area contributed by atoms with Crippen molar-refractivity contribution in [3.63, 3.8) is 0 Å². The number of benzene rings is 3. The number of para-hydroxylation sites is 1. The molecule has 1 aliphatic heterocycles. The largest absolute Gasteiger partial charge is 0.484 e. The van der Waals surface area contributed by atoms with Gasteiger partial charge in [-0.2, -0.15) is 0 Å². The lowest BCUT2D eigenvalue weighted by Gasteiger charge is -2.15. The van der Waals surface area contributed by atoms with Crippen LogP contribution in [-0.4, -0.2) is 25.0 Å². The number of amides is 2. The van der Waals surface area contributed by atoms with E-state index in [0.717, 1.165) is 23.4 Å². The minimum Gasteiger partial charge on any atom is -0.484 e. The number of hydrogen-bond acceptors (Lipinski definition) is 4. The summed E-state index contributed by atoms with van der Waals surface area (Å²) in [6, 6.07) is 22.2. The van der Waals surface area contributed by atoms with Crippen LogP contribution in [0.2, 0.25) is 0 Å². The molecule has 0 aliphatic carbocycles. The van der Waals surface area contributed by atoms with Crippen molar-refractivity contribution in [2.45, 2.75) is 13.3 Å². The zero-order chi connectivity index (χ0) is 20.9. The molecular weight excluding hydrogens is 380 g/mol. The first kappa shape index (κ1) is 19.5.